The molecule has 0 unspecified atom stereocenters. The fraction of sp³-hybridized carbons (Fsp3) is 0.387. The molecule has 1 saturated heterocycles. The number of likely N-dealkylation sites (tertiary alicyclic amines) is 1. The number of anilines is 1. The highest BCUT2D eigenvalue weighted by molar-refractivity contribution is 7.15. The minimum atomic E-state index is -0.519. The topological polar surface area (TPSA) is 105 Å². The summed E-state index contributed by atoms with van der Waals surface area (Å²) in [6.45, 7) is 4.61. The van der Waals surface area contributed by atoms with Gasteiger partial charge in [-0.1, -0.05) is 44.2 Å². The van der Waals surface area contributed by atoms with Crippen molar-refractivity contribution < 1.29 is 18.8 Å². The number of nitrogens with two attached hydrogens (primary N) is 1. The summed E-state index contributed by atoms with van der Waals surface area (Å²) in [5.74, 6) is -1.38. The standard InChI is InChI=1S/C31H37FN4O3S/c1-3-24-10-7-17-36(24)31(39)28-16-15-27(40-28)30(38)35-26(19-21-8-5-4-6-9-21)25(33)18-20(2)29(37)34-23-13-11-22(32)12-14-23/h4-6,8-9,11-16,20,24-26H,3,7,10,17-19,33H2,1-2H3,(H,34,37)(H,35,38)/t20-,24+,25+,26+/m1/s1. The van der Waals surface area contributed by atoms with Crippen molar-refractivity contribution in [3.05, 3.63) is 87.9 Å². The van der Waals surface area contributed by atoms with Crippen LogP contribution in [0.1, 0.15) is 64.4 Å². The van der Waals surface area contributed by atoms with Crippen molar-refractivity contribution in [3.8, 4) is 0 Å². The van der Waals surface area contributed by atoms with Gasteiger partial charge in [-0.25, -0.2) is 4.39 Å². The van der Waals surface area contributed by atoms with E-state index in [0.29, 0.717) is 28.3 Å². The molecule has 0 aliphatic carbocycles. The normalized spacial score (nSPS) is 17.2. The number of amides is 3. The molecule has 9 heteroatoms. The maximum atomic E-state index is 13.3. The lowest BCUT2D eigenvalue weighted by molar-refractivity contribution is -0.119. The fourth-order valence-electron chi connectivity index (χ4n) is 5.14. The Balaban J connectivity index is 1.43. The molecular weight excluding hydrogens is 527 g/mol. The van der Waals surface area contributed by atoms with Gasteiger partial charge in [-0.2, -0.15) is 0 Å². The van der Waals surface area contributed by atoms with Gasteiger partial charge < -0.3 is 21.3 Å². The van der Waals surface area contributed by atoms with Crippen molar-refractivity contribution in [2.75, 3.05) is 11.9 Å². The van der Waals surface area contributed by atoms with E-state index in [-0.39, 0.29) is 29.6 Å². The first-order valence-corrected chi connectivity index (χ1v) is 14.6. The fourth-order valence-corrected chi connectivity index (χ4v) is 6.00. The summed E-state index contributed by atoms with van der Waals surface area (Å²) in [5.41, 5.74) is 8.12. The second-order valence-electron chi connectivity index (χ2n) is 10.4. The van der Waals surface area contributed by atoms with Gasteiger partial charge in [0.2, 0.25) is 5.91 Å². The molecule has 2 aromatic carbocycles. The second-order valence-corrected chi connectivity index (χ2v) is 11.5. The average molecular weight is 565 g/mol. The first-order chi connectivity index (χ1) is 19.2. The third kappa shape index (κ3) is 7.55. The molecule has 1 aliphatic heterocycles. The molecule has 4 atom stereocenters. The number of benzene rings is 2. The highest BCUT2D eigenvalue weighted by atomic mass is 32.1. The van der Waals surface area contributed by atoms with Gasteiger partial charge in [0.1, 0.15) is 5.82 Å². The van der Waals surface area contributed by atoms with Crippen molar-refractivity contribution in [3.63, 3.8) is 0 Å². The first-order valence-electron chi connectivity index (χ1n) is 13.8. The summed E-state index contributed by atoms with van der Waals surface area (Å²) in [4.78, 5) is 42.1. The Morgan fingerprint density at radius 2 is 1.75 bits per heavy atom. The third-order valence-corrected chi connectivity index (χ3v) is 8.54. The van der Waals surface area contributed by atoms with Crippen molar-refractivity contribution in [2.24, 2.45) is 11.7 Å². The summed E-state index contributed by atoms with van der Waals surface area (Å²) in [5, 5.41) is 5.86. The molecule has 1 fully saturated rings. The number of nitrogens with zero attached hydrogens (tertiary/aromatic N) is 1. The van der Waals surface area contributed by atoms with Crippen molar-refractivity contribution in [1.29, 1.82) is 0 Å². The van der Waals surface area contributed by atoms with Crippen LogP contribution >= 0.6 is 11.3 Å². The van der Waals surface area contributed by atoms with Gasteiger partial charge in [0, 0.05) is 36.3 Å². The van der Waals surface area contributed by atoms with Crippen LogP contribution in [0.3, 0.4) is 0 Å². The van der Waals surface area contributed by atoms with Gasteiger partial charge in [0.25, 0.3) is 11.8 Å². The Morgan fingerprint density at radius 3 is 2.45 bits per heavy atom. The molecule has 1 aromatic heterocycles. The van der Waals surface area contributed by atoms with E-state index in [9.17, 15) is 18.8 Å². The lowest BCUT2D eigenvalue weighted by Crippen LogP contribution is -2.50. The monoisotopic (exact) mass is 564 g/mol. The largest absolute Gasteiger partial charge is 0.347 e. The van der Waals surface area contributed by atoms with Gasteiger partial charge in [-0.15, -0.1) is 11.3 Å². The van der Waals surface area contributed by atoms with Crippen LogP contribution in [-0.4, -0.2) is 47.3 Å². The highest BCUT2D eigenvalue weighted by Gasteiger charge is 2.30. The molecular formula is C31H37FN4O3S. The molecule has 7 nitrogen and oxygen atoms in total. The van der Waals surface area contributed by atoms with Crippen LogP contribution < -0.4 is 16.4 Å². The molecule has 40 heavy (non-hydrogen) atoms. The van der Waals surface area contributed by atoms with Gasteiger partial charge in [0.05, 0.1) is 9.75 Å². The van der Waals surface area contributed by atoms with Gasteiger partial charge in [-0.05, 0) is 74.1 Å². The number of thiophene rings is 1. The zero-order chi connectivity index (χ0) is 28.6. The van der Waals surface area contributed by atoms with Crippen molar-refractivity contribution in [1.82, 2.24) is 10.2 Å². The number of rotatable bonds is 11. The smallest absolute Gasteiger partial charge is 0.264 e. The lowest BCUT2D eigenvalue weighted by atomic mass is 9.92. The van der Waals surface area contributed by atoms with Crippen LogP contribution in [0.25, 0.3) is 0 Å². The second kappa shape index (κ2) is 13.7. The van der Waals surface area contributed by atoms with E-state index in [0.717, 1.165) is 31.4 Å². The van der Waals surface area contributed by atoms with Crippen LogP contribution in [0.5, 0.6) is 0 Å². The van der Waals surface area contributed by atoms with Gasteiger partial charge >= 0.3 is 0 Å². The van der Waals surface area contributed by atoms with Gasteiger partial charge in [-0.3, -0.25) is 14.4 Å². The summed E-state index contributed by atoms with van der Waals surface area (Å²) >= 11 is 1.19. The number of carbonyl (C=O) groups excluding carboxylic acids is 3. The Labute approximate surface area is 239 Å². The molecule has 0 radical (unpaired) electrons. The molecule has 4 rings (SSSR count). The van der Waals surface area contributed by atoms with Gasteiger partial charge in [0.15, 0.2) is 0 Å². The number of hydrogen-bond donors (Lipinski definition) is 3. The van der Waals surface area contributed by atoms with E-state index >= 15 is 0 Å². The lowest BCUT2D eigenvalue weighted by Gasteiger charge is -2.27. The molecule has 212 valence electrons. The highest BCUT2D eigenvalue weighted by Crippen LogP contribution is 2.26. The van der Waals surface area contributed by atoms with E-state index in [1.807, 2.05) is 35.2 Å². The first kappa shape index (κ1) is 29.4. The predicted molar refractivity (Wildman–Crippen MR) is 157 cm³/mol. The summed E-state index contributed by atoms with van der Waals surface area (Å²) in [6.07, 6.45) is 3.75. The van der Waals surface area contributed by atoms with E-state index in [4.69, 9.17) is 5.73 Å². The number of nitrogens with one attached hydrogen (secondary N) is 2. The number of hydrogen-bond acceptors (Lipinski definition) is 5. The SMILES string of the molecule is CC[C@H]1CCCN1C(=O)c1ccc(C(=O)N[C@@H](Cc2ccccc2)[C@@H](N)C[C@@H](C)C(=O)Nc2ccc(F)cc2)s1. The quantitative estimate of drug-likeness (QED) is 0.296. The Morgan fingerprint density at radius 1 is 1.05 bits per heavy atom. The van der Waals surface area contributed by atoms with E-state index < -0.39 is 18.0 Å². The summed E-state index contributed by atoms with van der Waals surface area (Å²) in [6, 6.07) is 18.0. The third-order valence-electron chi connectivity index (χ3n) is 7.47. The summed E-state index contributed by atoms with van der Waals surface area (Å²) in [7, 11) is 0. The molecule has 0 bridgehead atoms. The van der Waals surface area contributed by atoms with Crippen LogP contribution in [-0.2, 0) is 11.2 Å². The van der Waals surface area contributed by atoms with E-state index in [1.165, 1.54) is 35.6 Å². The van der Waals surface area contributed by atoms with Crippen molar-refractivity contribution >= 4 is 34.7 Å². The minimum Gasteiger partial charge on any atom is -0.347 e. The Bertz CT molecular complexity index is 1300. The molecule has 3 amide bonds. The number of carbonyl (C=O) groups is 3. The number of halogens is 1. The molecule has 1 aliphatic rings. The predicted octanol–water partition coefficient (Wildman–Crippen LogP) is 5.24. The maximum absolute atomic E-state index is 13.3. The van der Waals surface area contributed by atoms with E-state index in [1.54, 1.807) is 19.1 Å². The Kier molecular flexibility index (Phi) is 10.1. The van der Waals surface area contributed by atoms with Crippen LogP contribution in [0.15, 0.2) is 66.7 Å². The van der Waals surface area contributed by atoms with Crippen molar-refractivity contribution in [2.45, 2.75) is 64.1 Å². The Hall–Kier alpha value is -3.56. The molecule has 4 N–H and O–H groups in total. The van der Waals surface area contributed by atoms with Crippen LogP contribution in [0, 0.1) is 11.7 Å². The molecule has 0 saturated carbocycles. The zero-order valence-electron chi connectivity index (χ0n) is 22.9. The maximum Gasteiger partial charge on any atom is 0.264 e. The van der Waals surface area contributed by atoms with E-state index in [2.05, 4.69) is 17.6 Å². The minimum absolute atomic E-state index is 0.0214. The molecule has 0 spiro atoms. The van der Waals surface area contributed by atoms with Crippen LogP contribution in [0.2, 0.25) is 0 Å². The summed E-state index contributed by atoms with van der Waals surface area (Å²) < 4.78 is 13.2. The van der Waals surface area contributed by atoms with Crippen LogP contribution in [0.4, 0.5) is 10.1 Å². The zero-order valence-corrected chi connectivity index (χ0v) is 23.8. The average Bonchev–Trinajstić information content (AvgIpc) is 3.64. The molecule has 3 aromatic rings. The molecule has 2 heterocycles.